The number of fused-ring (bicyclic) bond motifs is 1. The van der Waals surface area contributed by atoms with Crippen LogP contribution in [-0.4, -0.2) is 42.6 Å². The Labute approximate surface area is 193 Å². The molecule has 0 aliphatic heterocycles. The average Bonchev–Trinajstić information content (AvgIpc) is 2.83. The highest BCUT2D eigenvalue weighted by Crippen LogP contribution is 2.25. The number of amides is 1. The first-order chi connectivity index (χ1) is 16.3. The number of alkyl halides is 2. The van der Waals surface area contributed by atoms with Gasteiger partial charge in [-0.3, -0.25) is 4.79 Å². The smallest absolute Gasteiger partial charge is 0.388 e. The molecular formula is C23H21F2N7O2. The normalized spacial score (nSPS) is 12.0. The van der Waals surface area contributed by atoms with E-state index in [0.717, 1.165) is 10.9 Å². The van der Waals surface area contributed by atoms with Crippen molar-refractivity contribution in [3.63, 3.8) is 0 Å². The van der Waals surface area contributed by atoms with E-state index in [0.29, 0.717) is 28.4 Å². The molecule has 174 valence electrons. The standard InChI is InChI=1S/C23H21F2N7O2/c1-13-10-16-11-15(4-6-18(16)29-20(13)26)22(33)32(14(2)21-27-8-3-9-28-21)12-17-5-7-19(31-30-17)34-23(24)25/h3-11,14,23H,12H2,1-2H3,(H2,26,29). The molecule has 4 rings (SSSR count). The molecule has 1 amide bonds. The Kier molecular flexibility index (Phi) is 6.53. The minimum absolute atomic E-state index is 0.0390. The molecule has 3 aromatic heterocycles. The number of carbonyl (C=O) groups is 1. The number of aromatic nitrogens is 5. The number of nitrogens with zero attached hydrogens (tertiary/aromatic N) is 6. The number of hydrogen-bond donors (Lipinski definition) is 1. The van der Waals surface area contributed by atoms with Crippen LogP contribution in [0.1, 0.15) is 40.4 Å². The molecule has 0 aliphatic rings. The Balaban J connectivity index is 1.68. The van der Waals surface area contributed by atoms with Crippen LogP contribution in [0.4, 0.5) is 14.6 Å². The van der Waals surface area contributed by atoms with Crippen LogP contribution in [0.5, 0.6) is 5.88 Å². The van der Waals surface area contributed by atoms with Crippen LogP contribution in [0, 0.1) is 6.92 Å². The highest BCUT2D eigenvalue weighted by atomic mass is 19.3. The fraction of sp³-hybridized carbons (Fsp3) is 0.217. The minimum atomic E-state index is -3.00. The van der Waals surface area contributed by atoms with Crippen molar-refractivity contribution in [2.45, 2.75) is 33.0 Å². The van der Waals surface area contributed by atoms with Crippen molar-refractivity contribution in [1.82, 2.24) is 30.0 Å². The van der Waals surface area contributed by atoms with E-state index in [9.17, 15) is 13.6 Å². The summed E-state index contributed by atoms with van der Waals surface area (Å²) in [6.45, 7) is 0.673. The van der Waals surface area contributed by atoms with E-state index in [4.69, 9.17) is 5.73 Å². The van der Waals surface area contributed by atoms with Crippen molar-refractivity contribution in [3.05, 3.63) is 77.5 Å². The molecule has 0 saturated heterocycles. The summed E-state index contributed by atoms with van der Waals surface area (Å²) in [6.07, 6.45) is 3.18. The molecule has 0 aliphatic carbocycles. The maximum Gasteiger partial charge on any atom is 0.388 e. The van der Waals surface area contributed by atoms with Crippen molar-refractivity contribution in [2.75, 3.05) is 5.73 Å². The van der Waals surface area contributed by atoms with Crippen molar-refractivity contribution < 1.29 is 18.3 Å². The van der Waals surface area contributed by atoms with Gasteiger partial charge in [-0.1, -0.05) is 0 Å². The molecule has 2 N–H and O–H groups in total. The van der Waals surface area contributed by atoms with E-state index in [1.807, 2.05) is 13.0 Å². The van der Waals surface area contributed by atoms with Crippen LogP contribution < -0.4 is 10.5 Å². The van der Waals surface area contributed by atoms with E-state index >= 15 is 0 Å². The number of rotatable bonds is 7. The third-order valence-electron chi connectivity index (χ3n) is 5.22. The summed E-state index contributed by atoms with van der Waals surface area (Å²) in [6, 6.07) is 10.9. The van der Waals surface area contributed by atoms with Gasteiger partial charge in [0.2, 0.25) is 5.88 Å². The zero-order valence-electron chi connectivity index (χ0n) is 18.4. The maximum absolute atomic E-state index is 13.6. The summed E-state index contributed by atoms with van der Waals surface area (Å²) in [5, 5.41) is 8.35. The fourth-order valence-electron chi connectivity index (χ4n) is 3.41. The monoisotopic (exact) mass is 465 g/mol. The number of nitrogens with two attached hydrogens (primary N) is 1. The average molecular weight is 465 g/mol. The molecule has 34 heavy (non-hydrogen) atoms. The molecular weight excluding hydrogens is 444 g/mol. The first kappa shape index (κ1) is 22.9. The number of pyridine rings is 1. The van der Waals surface area contributed by atoms with Crippen molar-refractivity contribution in [2.24, 2.45) is 0 Å². The minimum Gasteiger partial charge on any atom is -0.415 e. The number of halogens is 2. The number of hydrogen-bond acceptors (Lipinski definition) is 8. The molecule has 1 atom stereocenters. The summed E-state index contributed by atoms with van der Waals surface area (Å²) in [7, 11) is 0. The lowest BCUT2D eigenvalue weighted by Gasteiger charge is -2.28. The first-order valence-electron chi connectivity index (χ1n) is 10.3. The SMILES string of the molecule is Cc1cc2cc(C(=O)N(Cc3ccc(OC(F)F)nn3)C(C)c3ncccn3)ccc2nc1N. The van der Waals surface area contributed by atoms with Crippen LogP contribution in [0.3, 0.4) is 0 Å². The third-order valence-corrected chi connectivity index (χ3v) is 5.22. The summed E-state index contributed by atoms with van der Waals surface area (Å²) in [5.41, 5.74) is 8.18. The highest BCUT2D eigenvalue weighted by Gasteiger charge is 2.26. The van der Waals surface area contributed by atoms with Gasteiger partial charge in [-0.2, -0.15) is 13.9 Å². The van der Waals surface area contributed by atoms with Gasteiger partial charge >= 0.3 is 6.61 Å². The quantitative estimate of drug-likeness (QED) is 0.439. The third kappa shape index (κ3) is 5.03. The predicted octanol–water partition coefficient (Wildman–Crippen LogP) is 3.71. The number of ether oxygens (including phenoxy) is 1. The zero-order valence-corrected chi connectivity index (χ0v) is 18.4. The van der Waals surface area contributed by atoms with Gasteiger partial charge in [0.05, 0.1) is 23.8 Å². The number of anilines is 1. The van der Waals surface area contributed by atoms with Gasteiger partial charge in [-0.05, 0) is 55.8 Å². The topological polar surface area (TPSA) is 120 Å². The molecule has 0 radical (unpaired) electrons. The molecule has 9 nitrogen and oxygen atoms in total. The fourth-order valence-corrected chi connectivity index (χ4v) is 3.41. The molecule has 0 spiro atoms. The molecule has 0 saturated carbocycles. The van der Waals surface area contributed by atoms with Gasteiger partial charge in [-0.15, -0.1) is 5.10 Å². The summed E-state index contributed by atoms with van der Waals surface area (Å²) in [5.74, 6) is 0.257. The Morgan fingerprint density at radius 3 is 2.56 bits per heavy atom. The van der Waals surface area contributed by atoms with Crippen LogP contribution >= 0.6 is 0 Å². The summed E-state index contributed by atoms with van der Waals surface area (Å²) < 4.78 is 29.1. The van der Waals surface area contributed by atoms with Crippen molar-refractivity contribution in [3.8, 4) is 5.88 Å². The van der Waals surface area contributed by atoms with E-state index in [2.05, 4.69) is 29.9 Å². The Morgan fingerprint density at radius 2 is 1.88 bits per heavy atom. The second kappa shape index (κ2) is 9.69. The molecule has 4 aromatic rings. The molecule has 0 bridgehead atoms. The van der Waals surface area contributed by atoms with E-state index in [1.165, 1.54) is 17.0 Å². The van der Waals surface area contributed by atoms with Crippen molar-refractivity contribution >= 4 is 22.6 Å². The Morgan fingerprint density at radius 1 is 1.12 bits per heavy atom. The molecule has 11 heteroatoms. The van der Waals surface area contributed by atoms with Gasteiger partial charge in [0.1, 0.15) is 11.6 Å². The van der Waals surface area contributed by atoms with Gasteiger partial charge in [0.15, 0.2) is 0 Å². The lowest BCUT2D eigenvalue weighted by molar-refractivity contribution is -0.0534. The Hall–Kier alpha value is -4.28. The molecule has 0 fully saturated rings. The van der Waals surface area contributed by atoms with Gasteiger partial charge in [-0.25, -0.2) is 15.0 Å². The second-order valence-electron chi connectivity index (χ2n) is 7.56. The highest BCUT2D eigenvalue weighted by molar-refractivity contribution is 5.98. The number of nitrogen functional groups attached to an aromatic ring is 1. The lowest BCUT2D eigenvalue weighted by Crippen LogP contribution is -2.34. The number of carbonyl (C=O) groups excluding carboxylic acids is 1. The number of benzene rings is 1. The second-order valence-corrected chi connectivity index (χ2v) is 7.56. The van der Waals surface area contributed by atoms with E-state index in [1.54, 1.807) is 43.6 Å². The van der Waals surface area contributed by atoms with Crippen LogP contribution in [0.2, 0.25) is 0 Å². The summed E-state index contributed by atoms with van der Waals surface area (Å²) >= 11 is 0. The lowest BCUT2D eigenvalue weighted by atomic mass is 10.1. The first-order valence-corrected chi connectivity index (χ1v) is 10.3. The largest absolute Gasteiger partial charge is 0.415 e. The predicted molar refractivity (Wildman–Crippen MR) is 120 cm³/mol. The molecule has 1 aromatic carbocycles. The van der Waals surface area contributed by atoms with E-state index < -0.39 is 12.7 Å². The van der Waals surface area contributed by atoms with Crippen LogP contribution in [-0.2, 0) is 6.54 Å². The molecule has 3 heterocycles. The number of aryl methyl sites for hydroxylation is 1. The van der Waals surface area contributed by atoms with Crippen LogP contribution in [0.25, 0.3) is 10.9 Å². The zero-order chi connectivity index (χ0) is 24.2. The Bertz CT molecular complexity index is 1300. The van der Waals surface area contributed by atoms with Gasteiger partial charge < -0.3 is 15.4 Å². The van der Waals surface area contributed by atoms with Crippen molar-refractivity contribution in [1.29, 1.82) is 0 Å². The van der Waals surface area contributed by atoms with Crippen LogP contribution in [0.15, 0.2) is 54.9 Å². The molecule has 1 unspecified atom stereocenters. The van der Waals surface area contributed by atoms with Gasteiger partial charge in [0.25, 0.3) is 5.91 Å². The summed E-state index contributed by atoms with van der Waals surface area (Å²) in [4.78, 5) is 28.0. The van der Waals surface area contributed by atoms with Gasteiger partial charge in [0, 0.05) is 29.4 Å². The van der Waals surface area contributed by atoms with E-state index in [-0.39, 0.29) is 18.3 Å². The maximum atomic E-state index is 13.6.